The molecule has 1 saturated carbocycles. The van der Waals surface area contributed by atoms with Crippen LogP contribution in [0.15, 0.2) is 17.2 Å². The van der Waals surface area contributed by atoms with Gasteiger partial charge in [-0.25, -0.2) is 4.98 Å². The largest absolute Gasteiger partial charge is 0.481 e. The minimum atomic E-state index is -0.894. The van der Waals surface area contributed by atoms with Crippen LogP contribution in [-0.2, 0) is 4.79 Å². The van der Waals surface area contributed by atoms with Gasteiger partial charge in [0.05, 0.1) is 11.6 Å². The van der Waals surface area contributed by atoms with Crippen LogP contribution in [-0.4, -0.2) is 33.5 Å². The zero-order chi connectivity index (χ0) is 15.3. The number of amides is 1. The highest BCUT2D eigenvalue weighted by atomic mass is 16.4. The van der Waals surface area contributed by atoms with Crippen molar-refractivity contribution in [2.24, 2.45) is 5.41 Å². The molecule has 0 radical (unpaired) electrons. The first-order valence-corrected chi connectivity index (χ1v) is 7.10. The first kappa shape index (κ1) is 15.2. The van der Waals surface area contributed by atoms with Crippen molar-refractivity contribution in [1.82, 2.24) is 15.3 Å². The van der Waals surface area contributed by atoms with Crippen molar-refractivity contribution in [2.75, 3.05) is 6.54 Å². The number of carbonyl (C=O) groups is 2. The minimum Gasteiger partial charge on any atom is -0.481 e. The van der Waals surface area contributed by atoms with Gasteiger partial charge in [0, 0.05) is 12.7 Å². The third kappa shape index (κ3) is 3.68. The van der Waals surface area contributed by atoms with Crippen molar-refractivity contribution in [2.45, 2.75) is 38.5 Å². The van der Waals surface area contributed by atoms with Crippen molar-refractivity contribution >= 4 is 11.9 Å². The summed E-state index contributed by atoms with van der Waals surface area (Å²) < 4.78 is 0. The van der Waals surface area contributed by atoms with Crippen LogP contribution in [0.25, 0.3) is 0 Å². The highest BCUT2D eigenvalue weighted by Gasteiger charge is 2.38. The number of aromatic amines is 1. The monoisotopic (exact) mass is 293 g/mol. The highest BCUT2D eigenvalue weighted by molar-refractivity contribution is 5.92. The van der Waals surface area contributed by atoms with E-state index in [1.807, 2.05) is 0 Å². The fourth-order valence-electron chi connectivity index (χ4n) is 2.68. The topological polar surface area (TPSA) is 112 Å². The summed E-state index contributed by atoms with van der Waals surface area (Å²) in [6.07, 6.45) is 7.17. The fraction of sp³-hybridized carbons (Fsp3) is 0.571. The zero-order valence-electron chi connectivity index (χ0n) is 11.7. The maximum atomic E-state index is 12.0. The minimum absolute atomic E-state index is 0.0729. The number of nitrogens with zero attached hydrogens (tertiary/aromatic N) is 1. The van der Waals surface area contributed by atoms with E-state index in [9.17, 15) is 19.5 Å². The highest BCUT2D eigenvalue weighted by Crippen LogP contribution is 2.34. The molecule has 1 fully saturated rings. The molecule has 1 amide bonds. The number of carbonyl (C=O) groups excluding carboxylic acids is 1. The molecule has 3 N–H and O–H groups in total. The Labute approximate surface area is 121 Å². The summed E-state index contributed by atoms with van der Waals surface area (Å²) in [4.78, 5) is 40.6. The van der Waals surface area contributed by atoms with Gasteiger partial charge in [-0.05, 0) is 12.8 Å². The van der Waals surface area contributed by atoms with Gasteiger partial charge < -0.3 is 15.4 Å². The van der Waals surface area contributed by atoms with E-state index in [4.69, 9.17) is 0 Å². The molecule has 0 spiro atoms. The number of rotatable bonds is 4. The number of carboxylic acid groups (broad SMARTS) is 1. The number of H-pyrrole nitrogens is 1. The Kier molecular flexibility index (Phi) is 4.72. The summed E-state index contributed by atoms with van der Waals surface area (Å²) in [5, 5.41) is 12.2. The van der Waals surface area contributed by atoms with Gasteiger partial charge in [0.15, 0.2) is 0 Å². The van der Waals surface area contributed by atoms with Crippen molar-refractivity contribution in [3.63, 3.8) is 0 Å². The van der Waals surface area contributed by atoms with Gasteiger partial charge in [0.25, 0.3) is 11.5 Å². The molecule has 0 saturated heterocycles. The average Bonchev–Trinajstić information content (AvgIpc) is 2.72. The summed E-state index contributed by atoms with van der Waals surface area (Å²) in [5.41, 5.74) is -1.21. The van der Waals surface area contributed by atoms with Crippen molar-refractivity contribution in [3.05, 3.63) is 28.4 Å². The van der Waals surface area contributed by atoms with Crippen LogP contribution in [0.5, 0.6) is 0 Å². The average molecular weight is 293 g/mol. The molecule has 1 aliphatic rings. The van der Waals surface area contributed by atoms with Crippen LogP contribution in [0.2, 0.25) is 0 Å². The molecule has 1 aliphatic carbocycles. The van der Waals surface area contributed by atoms with E-state index in [1.54, 1.807) is 0 Å². The first-order valence-electron chi connectivity index (χ1n) is 7.10. The van der Waals surface area contributed by atoms with Crippen molar-refractivity contribution in [3.8, 4) is 0 Å². The number of aliphatic carboxylic acids is 1. The van der Waals surface area contributed by atoms with Gasteiger partial charge in [-0.2, -0.15) is 0 Å². The van der Waals surface area contributed by atoms with Crippen LogP contribution >= 0.6 is 0 Å². The molecular weight excluding hydrogens is 274 g/mol. The molecule has 7 heteroatoms. The third-order valence-corrected chi connectivity index (χ3v) is 4.01. The maximum Gasteiger partial charge on any atom is 0.311 e. The SMILES string of the molecule is O=C(NCC1(C(=O)O)CCCCCC1)c1c[nH]c(=O)cn1. The van der Waals surface area contributed by atoms with E-state index in [1.165, 1.54) is 6.20 Å². The van der Waals surface area contributed by atoms with Gasteiger partial charge >= 0.3 is 5.97 Å². The van der Waals surface area contributed by atoms with Crippen molar-refractivity contribution < 1.29 is 14.7 Å². The Bertz CT molecular complexity index is 553. The number of aromatic nitrogens is 2. The second kappa shape index (κ2) is 6.51. The summed E-state index contributed by atoms with van der Waals surface area (Å²) in [5.74, 6) is -1.34. The molecule has 1 aromatic rings. The van der Waals surface area contributed by atoms with E-state index in [2.05, 4.69) is 15.3 Å². The Balaban J connectivity index is 2.04. The lowest BCUT2D eigenvalue weighted by Gasteiger charge is -2.28. The molecule has 0 bridgehead atoms. The van der Waals surface area contributed by atoms with Crippen LogP contribution in [0.3, 0.4) is 0 Å². The fourth-order valence-corrected chi connectivity index (χ4v) is 2.68. The van der Waals surface area contributed by atoms with Gasteiger partial charge in [0.1, 0.15) is 5.69 Å². The summed E-state index contributed by atoms with van der Waals surface area (Å²) in [6, 6.07) is 0. The van der Waals surface area contributed by atoms with Crippen LogP contribution < -0.4 is 10.9 Å². The number of hydrogen-bond acceptors (Lipinski definition) is 4. The zero-order valence-corrected chi connectivity index (χ0v) is 11.7. The lowest BCUT2D eigenvalue weighted by molar-refractivity contribution is -0.149. The summed E-state index contributed by atoms with van der Waals surface area (Å²) in [7, 11) is 0. The standard InChI is InChI=1S/C14H19N3O4/c18-11-8-15-10(7-16-11)12(19)17-9-14(13(20)21)5-3-1-2-4-6-14/h7-8H,1-6,9H2,(H,16,18)(H,17,19)(H,20,21). The number of nitrogens with one attached hydrogen (secondary N) is 2. The molecule has 2 rings (SSSR count). The van der Waals surface area contributed by atoms with E-state index in [-0.39, 0.29) is 12.2 Å². The normalized spacial score (nSPS) is 17.7. The maximum absolute atomic E-state index is 12.0. The Morgan fingerprint density at radius 2 is 1.95 bits per heavy atom. The molecule has 0 atom stereocenters. The Morgan fingerprint density at radius 1 is 1.29 bits per heavy atom. The predicted octanol–water partition coefficient (Wildman–Crippen LogP) is 0.925. The van der Waals surface area contributed by atoms with Gasteiger partial charge in [-0.15, -0.1) is 0 Å². The molecule has 114 valence electrons. The lowest BCUT2D eigenvalue weighted by atomic mass is 9.80. The third-order valence-electron chi connectivity index (χ3n) is 4.01. The van der Waals surface area contributed by atoms with E-state index >= 15 is 0 Å². The smallest absolute Gasteiger partial charge is 0.311 e. The van der Waals surface area contributed by atoms with E-state index in [0.717, 1.165) is 31.9 Å². The summed E-state index contributed by atoms with van der Waals surface area (Å²) >= 11 is 0. The van der Waals surface area contributed by atoms with Crippen molar-refractivity contribution in [1.29, 1.82) is 0 Å². The number of carboxylic acids is 1. The predicted molar refractivity (Wildman–Crippen MR) is 75.0 cm³/mol. The first-order chi connectivity index (χ1) is 10.0. The molecule has 1 heterocycles. The lowest BCUT2D eigenvalue weighted by Crippen LogP contribution is -2.43. The molecule has 0 aliphatic heterocycles. The van der Waals surface area contributed by atoms with Crippen LogP contribution in [0.4, 0.5) is 0 Å². The van der Waals surface area contributed by atoms with Gasteiger partial charge in [-0.1, -0.05) is 25.7 Å². The number of hydrogen-bond donors (Lipinski definition) is 3. The quantitative estimate of drug-likeness (QED) is 0.715. The van der Waals surface area contributed by atoms with E-state index < -0.39 is 22.9 Å². The second-order valence-electron chi connectivity index (χ2n) is 5.48. The van der Waals surface area contributed by atoms with Gasteiger partial charge in [-0.3, -0.25) is 14.4 Å². The molecule has 7 nitrogen and oxygen atoms in total. The molecule has 1 aromatic heterocycles. The molecule has 0 aromatic carbocycles. The molecule has 21 heavy (non-hydrogen) atoms. The van der Waals surface area contributed by atoms with Crippen LogP contribution in [0, 0.1) is 5.41 Å². The van der Waals surface area contributed by atoms with Crippen LogP contribution in [0.1, 0.15) is 49.0 Å². The summed E-state index contributed by atoms with van der Waals surface area (Å²) in [6.45, 7) is 0.0853. The van der Waals surface area contributed by atoms with Gasteiger partial charge in [0.2, 0.25) is 0 Å². The Hall–Kier alpha value is -2.18. The molecular formula is C14H19N3O4. The molecule has 0 unspecified atom stereocenters. The second-order valence-corrected chi connectivity index (χ2v) is 5.48. The Morgan fingerprint density at radius 3 is 2.48 bits per heavy atom. The van der Waals surface area contributed by atoms with E-state index in [0.29, 0.717) is 12.8 Å².